The van der Waals surface area contributed by atoms with Crippen LogP contribution >= 0.6 is 0 Å². The van der Waals surface area contributed by atoms with Gasteiger partial charge in [0.25, 0.3) is 11.5 Å². The Kier molecular flexibility index (Phi) is 7.85. The second kappa shape index (κ2) is 11.2. The van der Waals surface area contributed by atoms with Crippen molar-refractivity contribution in [2.45, 2.75) is 32.2 Å². The zero-order valence-electron chi connectivity index (χ0n) is 20.0. The van der Waals surface area contributed by atoms with Crippen molar-refractivity contribution in [3.63, 3.8) is 0 Å². The molecule has 0 radical (unpaired) electrons. The van der Waals surface area contributed by atoms with E-state index in [0.29, 0.717) is 42.7 Å². The first-order chi connectivity index (χ1) is 17.4. The number of benzene rings is 2. The van der Waals surface area contributed by atoms with Crippen LogP contribution < -0.4 is 11.3 Å². The first kappa shape index (κ1) is 25.2. The molecule has 0 bridgehead atoms. The van der Waals surface area contributed by atoms with Crippen LogP contribution in [0.3, 0.4) is 0 Å². The summed E-state index contributed by atoms with van der Waals surface area (Å²) in [5.41, 5.74) is 7.93. The summed E-state index contributed by atoms with van der Waals surface area (Å²) in [6.07, 6.45) is 2.95. The number of fused-ring (bicyclic) bond motifs is 1. The minimum Gasteiger partial charge on any atom is -0.330 e. The molecule has 4 rings (SSSR count). The topological polar surface area (TPSA) is 80.7 Å². The van der Waals surface area contributed by atoms with Crippen LogP contribution in [-0.2, 0) is 6.42 Å². The maximum absolute atomic E-state index is 14.0. The van der Waals surface area contributed by atoms with Crippen molar-refractivity contribution in [3.8, 4) is 0 Å². The van der Waals surface area contributed by atoms with E-state index in [4.69, 9.17) is 10.7 Å². The summed E-state index contributed by atoms with van der Waals surface area (Å²) < 4.78 is 29.0. The number of rotatable bonds is 9. The summed E-state index contributed by atoms with van der Waals surface area (Å²) in [4.78, 5) is 33.6. The quantitative estimate of drug-likeness (QED) is 0.375. The highest BCUT2D eigenvalue weighted by atomic mass is 19.2. The summed E-state index contributed by atoms with van der Waals surface area (Å²) in [5.74, 6) is -2.60. The van der Waals surface area contributed by atoms with Gasteiger partial charge < -0.3 is 10.6 Å². The molecule has 0 aliphatic rings. The van der Waals surface area contributed by atoms with Crippen molar-refractivity contribution in [3.05, 3.63) is 117 Å². The molecule has 2 heterocycles. The fourth-order valence-corrected chi connectivity index (χ4v) is 4.40. The largest absolute Gasteiger partial charge is 0.330 e. The lowest BCUT2D eigenvalue weighted by Gasteiger charge is -2.32. The van der Waals surface area contributed by atoms with E-state index in [9.17, 15) is 18.4 Å². The van der Waals surface area contributed by atoms with Gasteiger partial charge in [-0.25, -0.2) is 13.8 Å². The average molecular weight is 491 g/mol. The summed E-state index contributed by atoms with van der Waals surface area (Å²) >= 11 is 0. The van der Waals surface area contributed by atoms with E-state index in [1.165, 1.54) is 10.5 Å². The van der Waals surface area contributed by atoms with Gasteiger partial charge in [0.15, 0.2) is 11.6 Å². The predicted octanol–water partition coefficient (Wildman–Crippen LogP) is 4.51. The molecule has 0 aliphatic carbocycles. The maximum atomic E-state index is 14.0. The van der Waals surface area contributed by atoms with Gasteiger partial charge in [-0.15, -0.1) is 0 Å². The molecule has 2 aromatic heterocycles. The average Bonchev–Trinajstić information content (AvgIpc) is 2.90. The SMILES string of the molecule is CCC(c1nc2ccccn2c(=O)c1Cc1ccccc1)N(CCCN)C(=O)c1ccc(F)c(F)c1. The third-order valence-corrected chi connectivity index (χ3v) is 6.19. The Hall–Kier alpha value is -3.91. The standard InChI is InChI=1S/C28H28F2N4O2/c1-2-24(33(16-8-14-31)27(35)20-12-13-22(29)23(30)18-20)26-21(17-19-9-4-3-5-10-19)28(36)34-15-7-6-11-25(34)32-26/h3-7,9-13,15,18,24H,2,8,14,16-17,31H2,1H3. The summed E-state index contributed by atoms with van der Waals surface area (Å²) in [6.45, 7) is 2.51. The third-order valence-electron chi connectivity index (χ3n) is 6.19. The highest BCUT2D eigenvalue weighted by molar-refractivity contribution is 5.94. The Morgan fingerprint density at radius 1 is 1.06 bits per heavy atom. The van der Waals surface area contributed by atoms with E-state index in [2.05, 4.69) is 0 Å². The highest BCUT2D eigenvalue weighted by Crippen LogP contribution is 2.28. The van der Waals surface area contributed by atoms with Crippen molar-refractivity contribution < 1.29 is 13.6 Å². The molecule has 2 N–H and O–H groups in total. The van der Waals surface area contributed by atoms with Crippen molar-refractivity contribution in [1.29, 1.82) is 0 Å². The van der Waals surface area contributed by atoms with Gasteiger partial charge in [-0.3, -0.25) is 14.0 Å². The van der Waals surface area contributed by atoms with Gasteiger partial charge in [0.1, 0.15) is 5.65 Å². The monoisotopic (exact) mass is 490 g/mol. The van der Waals surface area contributed by atoms with E-state index in [1.807, 2.05) is 37.3 Å². The summed E-state index contributed by atoms with van der Waals surface area (Å²) in [6, 6.07) is 17.4. The third kappa shape index (κ3) is 5.18. The molecule has 0 spiro atoms. The summed E-state index contributed by atoms with van der Waals surface area (Å²) in [7, 11) is 0. The fraction of sp³-hybridized carbons (Fsp3) is 0.250. The van der Waals surface area contributed by atoms with Crippen LogP contribution in [0.2, 0.25) is 0 Å². The van der Waals surface area contributed by atoms with Gasteiger partial charge in [-0.1, -0.05) is 43.3 Å². The predicted molar refractivity (Wildman–Crippen MR) is 135 cm³/mol. The van der Waals surface area contributed by atoms with E-state index < -0.39 is 23.6 Å². The summed E-state index contributed by atoms with van der Waals surface area (Å²) in [5, 5.41) is 0. The Morgan fingerprint density at radius 3 is 2.50 bits per heavy atom. The lowest BCUT2D eigenvalue weighted by molar-refractivity contribution is 0.0663. The van der Waals surface area contributed by atoms with Gasteiger partial charge in [0.2, 0.25) is 0 Å². The van der Waals surface area contributed by atoms with E-state index >= 15 is 0 Å². The van der Waals surface area contributed by atoms with E-state index in [-0.39, 0.29) is 17.7 Å². The molecule has 1 unspecified atom stereocenters. The number of aromatic nitrogens is 2. The number of carbonyl (C=O) groups excluding carboxylic acids is 1. The first-order valence-corrected chi connectivity index (χ1v) is 11.9. The second-order valence-corrected chi connectivity index (χ2v) is 8.57. The second-order valence-electron chi connectivity index (χ2n) is 8.57. The van der Waals surface area contributed by atoms with E-state index in [1.54, 1.807) is 29.3 Å². The number of hydrogen-bond acceptors (Lipinski definition) is 4. The molecule has 6 nitrogen and oxygen atoms in total. The number of carbonyl (C=O) groups is 1. The lowest BCUT2D eigenvalue weighted by Crippen LogP contribution is -2.38. The molecule has 0 fully saturated rings. The number of pyridine rings is 1. The number of nitrogens with two attached hydrogens (primary N) is 1. The first-order valence-electron chi connectivity index (χ1n) is 11.9. The Labute approximate surface area is 208 Å². The minimum atomic E-state index is -1.10. The maximum Gasteiger partial charge on any atom is 0.261 e. The van der Waals surface area contributed by atoms with Crippen molar-refractivity contribution >= 4 is 11.6 Å². The molecule has 36 heavy (non-hydrogen) atoms. The van der Waals surface area contributed by atoms with E-state index in [0.717, 1.165) is 17.7 Å². The molecular formula is C28H28F2N4O2. The fourth-order valence-electron chi connectivity index (χ4n) is 4.40. The number of nitrogens with zero attached hydrogens (tertiary/aromatic N) is 3. The Balaban J connectivity index is 1.87. The number of amides is 1. The highest BCUT2D eigenvalue weighted by Gasteiger charge is 2.30. The zero-order chi connectivity index (χ0) is 25.7. The number of halogens is 2. The van der Waals surface area contributed by atoms with Gasteiger partial charge in [0, 0.05) is 30.3 Å². The van der Waals surface area contributed by atoms with Crippen LogP contribution in [0.5, 0.6) is 0 Å². The Bertz CT molecular complexity index is 1420. The van der Waals surface area contributed by atoms with Gasteiger partial charge in [-0.2, -0.15) is 0 Å². The molecule has 2 aromatic carbocycles. The van der Waals surface area contributed by atoms with Crippen LogP contribution in [0, 0.1) is 11.6 Å². The normalized spacial score (nSPS) is 12.0. The van der Waals surface area contributed by atoms with Crippen molar-refractivity contribution in [1.82, 2.24) is 14.3 Å². The molecule has 1 amide bonds. The molecule has 186 valence electrons. The van der Waals surface area contributed by atoms with Crippen LogP contribution in [0.4, 0.5) is 8.78 Å². The van der Waals surface area contributed by atoms with Gasteiger partial charge in [0.05, 0.1) is 11.7 Å². The number of hydrogen-bond donors (Lipinski definition) is 1. The van der Waals surface area contributed by atoms with Crippen LogP contribution in [0.15, 0.2) is 77.7 Å². The van der Waals surface area contributed by atoms with Crippen LogP contribution in [0.1, 0.15) is 53.0 Å². The van der Waals surface area contributed by atoms with Crippen LogP contribution in [0.25, 0.3) is 5.65 Å². The molecule has 0 saturated heterocycles. The minimum absolute atomic E-state index is 0.0199. The van der Waals surface area contributed by atoms with Crippen LogP contribution in [-0.4, -0.2) is 33.3 Å². The van der Waals surface area contributed by atoms with Crippen molar-refractivity contribution in [2.24, 2.45) is 5.73 Å². The Morgan fingerprint density at radius 2 is 1.81 bits per heavy atom. The molecule has 1 atom stereocenters. The molecule has 0 saturated carbocycles. The molecular weight excluding hydrogens is 462 g/mol. The molecule has 0 aliphatic heterocycles. The zero-order valence-corrected chi connectivity index (χ0v) is 20.0. The molecule has 4 aromatic rings. The smallest absolute Gasteiger partial charge is 0.261 e. The molecule has 8 heteroatoms. The van der Waals surface area contributed by atoms with Gasteiger partial charge >= 0.3 is 0 Å². The lowest BCUT2D eigenvalue weighted by atomic mass is 9.97. The van der Waals surface area contributed by atoms with Gasteiger partial charge in [-0.05, 0) is 55.3 Å². The van der Waals surface area contributed by atoms with Crippen molar-refractivity contribution in [2.75, 3.05) is 13.1 Å².